The molecule has 1 amide bonds. The molecule has 9 nitrogen and oxygen atoms in total. The quantitative estimate of drug-likeness (QED) is 0.433. The van der Waals surface area contributed by atoms with Gasteiger partial charge in [-0.05, 0) is 68.0 Å². The third kappa shape index (κ3) is 3.78. The van der Waals surface area contributed by atoms with E-state index < -0.39 is 0 Å². The van der Waals surface area contributed by atoms with Gasteiger partial charge in [0.25, 0.3) is 5.91 Å². The lowest BCUT2D eigenvalue weighted by Gasteiger charge is -2.27. The number of allylic oxidation sites excluding steroid dienone is 1. The predicted molar refractivity (Wildman–Crippen MR) is 123 cm³/mol. The Morgan fingerprint density at radius 2 is 2.03 bits per heavy atom. The predicted octanol–water partition coefficient (Wildman–Crippen LogP) is 3.97. The normalized spacial score (nSPS) is 23.7. The Bertz CT molecular complexity index is 1210. The molecule has 2 fully saturated rings. The van der Waals surface area contributed by atoms with Crippen LogP contribution in [0, 0.1) is 5.92 Å². The van der Waals surface area contributed by atoms with E-state index >= 15 is 0 Å². The van der Waals surface area contributed by atoms with Crippen molar-refractivity contribution < 1.29 is 13.6 Å². The molecule has 0 bridgehead atoms. The van der Waals surface area contributed by atoms with Crippen molar-refractivity contribution in [2.75, 3.05) is 11.6 Å². The van der Waals surface area contributed by atoms with E-state index in [4.69, 9.17) is 19.8 Å². The smallest absolute Gasteiger partial charge is 0.253 e. The summed E-state index contributed by atoms with van der Waals surface area (Å²) in [5, 5.41) is 15.3. The first-order chi connectivity index (χ1) is 16.2. The Balaban J connectivity index is 1.27. The average Bonchev–Trinajstić information content (AvgIpc) is 3.25. The molecule has 2 unspecified atom stereocenters. The Morgan fingerprint density at radius 1 is 1.18 bits per heavy atom. The van der Waals surface area contributed by atoms with E-state index in [1.807, 2.05) is 30.3 Å². The first kappa shape index (κ1) is 20.3. The van der Waals surface area contributed by atoms with Crippen LogP contribution in [0.15, 0.2) is 61.5 Å². The standard InChI is InChI=1S/C23H24N6O3S/c24-28-22(14-8-9-14)25-26-23(28)33-13-19(30)29-21(18-7-3-11-32-18)17-6-1-4-15(20(17)27-29)12-16-5-2-10-31-16/h2-3,5,7,10-12,14,17,21H,1,4,6,8-9,13,24H2/b15-12-. The second kappa shape index (κ2) is 8.26. The van der Waals surface area contributed by atoms with Gasteiger partial charge in [0.1, 0.15) is 17.6 Å². The van der Waals surface area contributed by atoms with Crippen molar-refractivity contribution in [3.8, 4) is 0 Å². The molecule has 0 radical (unpaired) electrons. The summed E-state index contributed by atoms with van der Waals surface area (Å²) in [6.07, 6.45) is 10.4. The second-order valence-corrected chi connectivity index (χ2v) is 9.58. The van der Waals surface area contributed by atoms with Crippen molar-refractivity contribution >= 4 is 29.5 Å². The molecule has 4 heterocycles. The molecular formula is C23H24N6O3S. The van der Waals surface area contributed by atoms with Crippen molar-refractivity contribution in [2.24, 2.45) is 11.0 Å². The zero-order chi connectivity index (χ0) is 22.4. The largest absolute Gasteiger partial charge is 0.467 e. The fraction of sp³-hybridized carbons (Fsp3) is 0.391. The number of hydrazone groups is 1. The molecule has 3 aromatic heterocycles. The van der Waals surface area contributed by atoms with E-state index in [0.717, 1.165) is 60.7 Å². The van der Waals surface area contributed by atoms with Gasteiger partial charge in [0, 0.05) is 11.8 Å². The minimum absolute atomic E-state index is 0.0830. The second-order valence-electron chi connectivity index (χ2n) is 8.64. The number of fused-ring (bicyclic) bond motifs is 1. The molecule has 0 aromatic carbocycles. The van der Waals surface area contributed by atoms with Crippen LogP contribution in [0.4, 0.5) is 0 Å². The molecule has 3 aromatic rings. The van der Waals surface area contributed by atoms with Gasteiger partial charge in [-0.1, -0.05) is 11.8 Å². The number of nitrogens with two attached hydrogens (primary N) is 1. The molecule has 33 heavy (non-hydrogen) atoms. The monoisotopic (exact) mass is 464 g/mol. The fourth-order valence-electron chi connectivity index (χ4n) is 4.69. The van der Waals surface area contributed by atoms with Crippen molar-refractivity contribution in [1.29, 1.82) is 0 Å². The highest BCUT2D eigenvalue weighted by atomic mass is 32.2. The Labute approximate surface area is 194 Å². The molecule has 10 heteroatoms. The molecule has 170 valence electrons. The SMILES string of the molecule is Nn1c(SCC(=O)N2N=C3/C(=C\c4ccco4)CCCC3C2c2ccco2)nnc1C1CC1. The van der Waals surface area contributed by atoms with E-state index in [-0.39, 0.29) is 23.6 Å². The van der Waals surface area contributed by atoms with Gasteiger partial charge < -0.3 is 14.7 Å². The maximum absolute atomic E-state index is 13.4. The highest BCUT2D eigenvalue weighted by Gasteiger charge is 2.45. The molecule has 2 N–H and O–H groups in total. The van der Waals surface area contributed by atoms with Gasteiger partial charge in [0.2, 0.25) is 5.16 Å². The summed E-state index contributed by atoms with van der Waals surface area (Å²) in [6.45, 7) is 0. The molecule has 2 aliphatic carbocycles. The summed E-state index contributed by atoms with van der Waals surface area (Å²) in [4.78, 5) is 13.4. The summed E-state index contributed by atoms with van der Waals surface area (Å²) in [7, 11) is 0. The van der Waals surface area contributed by atoms with Gasteiger partial charge in [0.05, 0.1) is 24.0 Å². The number of hydrogen-bond acceptors (Lipinski definition) is 8. The number of nitrogen functional groups attached to an aromatic ring is 1. The summed E-state index contributed by atoms with van der Waals surface area (Å²) in [5.41, 5.74) is 2.05. The zero-order valence-corrected chi connectivity index (χ0v) is 18.8. The number of amides is 1. The lowest BCUT2D eigenvalue weighted by molar-refractivity contribution is -0.131. The average molecular weight is 465 g/mol. The van der Waals surface area contributed by atoms with Crippen LogP contribution >= 0.6 is 11.8 Å². The summed E-state index contributed by atoms with van der Waals surface area (Å²) in [5.74, 6) is 9.00. The number of aromatic nitrogens is 3. The van der Waals surface area contributed by atoms with Crippen LogP contribution in [-0.4, -0.2) is 37.3 Å². The fourth-order valence-corrected chi connectivity index (χ4v) is 5.41. The molecule has 1 aliphatic heterocycles. The first-order valence-corrected chi connectivity index (χ1v) is 12.2. The number of thioether (sulfide) groups is 1. The molecule has 0 spiro atoms. The number of nitrogens with zero attached hydrogens (tertiary/aromatic N) is 5. The first-order valence-electron chi connectivity index (χ1n) is 11.2. The van der Waals surface area contributed by atoms with Gasteiger partial charge in [-0.3, -0.25) is 4.79 Å². The number of hydrogen-bond donors (Lipinski definition) is 1. The van der Waals surface area contributed by atoms with Gasteiger partial charge in [-0.25, -0.2) is 9.69 Å². The van der Waals surface area contributed by atoms with Gasteiger partial charge >= 0.3 is 0 Å². The molecular weight excluding hydrogens is 440 g/mol. The molecule has 0 saturated heterocycles. The Hall–Kier alpha value is -3.27. The van der Waals surface area contributed by atoms with Crippen LogP contribution in [0.5, 0.6) is 0 Å². The Kier molecular flexibility index (Phi) is 5.09. The van der Waals surface area contributed by atoms with E-state index in [1.54, 1.807) is 17.5 Å². The number of carbonyl (C=O) groups excluding carboxylic acids is 1. The topological polar surface area (TPSA) is 116 Å². The maximum Gasteiger partial charge on any atom is 0.253 e. The van der Waals surface area contributed by atoms with Crippen molar-refractivity contribution in [3.63, 3.8) is 0 Å². The van der Waals surface area contributed by atoms with E-state index in [0.29, 0.717) is 11.1 Å². The van der Waals surface area contributed by atoms with Gasteiger partial charge in [-0.15, -0.1) is 10.2 Å². The molecule has 2 atom stereocenters. The van der Waals surface area contributed by atoms with E-state index in [1.165, 1.54) is 16.4 Å². The molecule has 2 saturated carbocycles. The Morgan fingerprint density at radius 3 is 2.79 bits per heavy atom. The highest BCUT2D eigenvalue weighted by molar-refractivity contribution is 7.99. The van der Waals surface area contributed by atoms with Crippen LogP contribution in [0.25, 0.3) is 6.08 Å². The molecule has 3 aliphatic rings. The summed E-state index contributed by atoms with van der Waals surface area (Å²) in [6, 6.07) is 7.30. The highest BCUT2D eigenvalue weighted by Crippen LogP contribution is 2.45. The van der Waals surface area contributed by atoms with Crippen LogP contribution in [0.3, 0.4) is 0 Å². The van der Waals surface area contributed by atoms with Crippen molar-refractivity contribution in [3.05, 3.63) is 59.7 Å². The summed E-state index contributed by atoms with van der Waals surface area (Å²) >= 11 is 1.29. The zero-order valence-electron chi connectivity index (χ0n) is 18.0. The third-order valence-corrected chi connectivity index (χ3v) is 7.34. The van der Waals surface area contributed by atoms with E-state index in [9.17, 15) is 4.79 Å². The number of rotatable bonds is 6. The third-order valence-electron chi connectivity index (χ3n) is 6.41. The summed E-state index contributed by atoms with van der Waals surface area (Å²) < 4.78 is 12.8. The maximum atomic E-state index is 13.4. The van der Waals surface area contributed by atoms with Crippen LogP contribution in [-0.2, 0) is 4.79 Å². The number of carbonyl (C=O) groups is 1. The van der Waals surface area contributed by atoms with Crippen molar-refractivity contribution in [2.45, 2.75) is 49.2 Å². The van der Waals surface area contributed by atoms with Crippen molar-refractivity contribution in [1.82, 2.24) is 19.9 Å². The van der Waals surface area contributed by atoms with Crippen LogP contribution < -0.4 is 5.84 Å². The van der Waals surface area contributed by atoms with E-state index in [2.05, 4.69) is 10.2 Å². The van der Waals surface area contributed by atoms with Crippen LogP contribution in [0.1, 0.15) is 61.4 Å². The lowest BCUT2D eigenvalue weighted by Crippen LogP contribution is -2.32. The minimum Gasteiger partial charge on any atom is -0.467 e. The van der Waals surface area contributed by atoms with Gasteiger partial charge in [-0.2, -0.15) is 5.10 Å². The van der Waals surface area contributed by atoms with Gasteiger partial charge in [0.15, 0.2) is 5.82 Å². The molecule has 6 rings (SSSR count). The van der Waals surface area contributed by atoms with Crippen LogP contribution in [0.2, 0.25) is 0 Å². The number of furan rings is 2. The minimum atomic E-state index is -0.263. The lowest BCUT2D eigenvalue weighted by atomic mass is 9.79.